The molecule has 0 spiro atoms. The lowest BCUT2D eigenvalue weighted by atomic mass is 10.1. The van der Waals surface area contributed by atoms with Crippen LogP contribution in [0, 0.1) is 21.7 Å². The zero-order valence-electron chi connectivity index (χ0n) is 13.3. The third-order valence-electron chi connectivity index (χ3n) is 4.03. The van der Waals surface area contributed by atoms with E-state index < -0.39 is 40.1 Å². The Bertz CT molecular complexity index is 950. The Morgan fingerprint density at radius 1 is 1.44 bits per heavy atom. The molecular formula is C16H14F2N2O5. The minimum atomic E-state index is -1.19. The van der Waals surface area contributed by atoms with Crippen LogP contribution >= 0.6 is 0 Å². The number of pyridine rings is 1. The highest BCUT2D eigenvalue weighted by molar-refractivity contribution is 5.94. The van der Waals surface area contributed by atoms with Crippen LogP contribution in [0.25, 0.3) is 10.9 Å². The fourth-order valence-corrected chi connectivity index (χ4v) is 2.75. The molecule has 9 heteroatoms. The lowest BCUT2D eigenvalue weighted by Gasteiger charge is -2.14. The van der Waals surface area contributed by atoms with Crippen molar-refractivity contribution in [2.75, 3.05) is 6.61 Å². The zero-order valence-corrected chi connectivity index (χ0v) is 13.3. The maximum absolute atomic E-state index is 14.8. The third-order valence-corrected chi connectivity index (χ3v) is 4.03. The molecule has 0 radical (unpaired) electrons. The van der Waals surface area contributed by atoms with E-state index in [0.29, 0.717) is 12.8 Å². The van der Waals surface area contributed by atoms with Gasteiger partial charge >= 0.3 is 5.97 Å². The smallest absolute Gasteiger partial charge is 0.343 e. The van der Waals surface area contributed by atoms with Crippen molar-refractivity contribution in [2.45, 2.75) is 32.4 Å². The van der Waals surface area contributed by atoms with E-state index in [1.165, 1.54) is 10.8 Å². The molecule has 1 aliphatic carbocycles. The van der Waals surface area contributed by atoms with Crippen LogP contribution in [0.3, 0.4) is 0 Å². The predicted octanol–water partition coefficient (Wildman–Crippen LogP) is 2.57. The van der Waals surface area contributed by atoms with E-state index in [0.717, 1.165) is 6.07 Å². The molecule has 0 saturated heterocycles. The molecule has 0 atom stereocenters. The summed E-state index contributed by atoms with van der Waals surface area (Å²) in [5.74, 6) is -3.22. The van der Waals surface area contributed by atoms with E-state index >= 15 is 0 Å². The number of fused-ring (bicyclic) bond motifs is 1. The highest BCUT2D eigenvalue weighted by Crippen LogP contribution is 2.38. The van der Waals surface area contributed by atoms with Gasteiger partial charge < -0.3 is 9.30 Å². The largest absolute Gasteiger partial charge is 0.462 e. The topological polar surface area (TPSA) is 91.4 Å². The molecule has 3 rings (SSSR count). The van der Waals surface area contributed by atoms with Gasteiger partial charge in [0.25, 0.3) is 0 Å². The highest BCUT2D eigenvalue weighted by Gasteiger charge is 2.30. The van der Waals surface area contributed by atoms with Crippen LogP contribution in [-0.4, -0.2) is 22.1 Å². The second-order valence-corrected chi connectivity index (χ2v) is 5.77. The number of aromatic nitrogens is 1. The van der Waals surface area contributed by atoms with Gasteiger partial charge in [0.1, 0.15) is 11.4 Å². The summed E-state index contributed by atoms with van der Waals surface area (Å²) < 4.78 is 35.1. The molecule has 1 aromatic heterocycles. The number of nitro groups is 1. The van der Waals surface area contributed by atoms with Crippen LogP contribution in [0.4, 0.5) is 8.78 Å². The van der Waals surface area contributed by atoms with E-state index in [1.54, 1.807) is 6.92 Å². The third kappa shape index (κ3) is 2.97. The summed E-state index contributed by atoms with van der Waals surface area (Å²) in [5.41, 5.74) is -2.12. The van der Waals surface area contributed by atoms with Crippen LogP contribution in [-0.2, 0) is 11.3 Å². The number of benzene rings is 1. The first-order valence-electron chi connectivity index (χ1n) is 7.69. The van der Waals surface area contributed by atoms with Crippen LogP contribution in [0.1, 0.15) is 41.7 Å². The summed E-state index contributed by atoms with van der Waals surface area (Å²) >= 11 is 0. The second kappa shape index (κ2) is 6.23. The fourth-order valence-electron chi connectivity index (χ4n) is 2.75. The van der Waals surface area contributed by atoms with E-state index in [9.17, 15) is 28.5 Å². The minimum absolute atomic E-state index is 0.0459. The molecule has 0 N–H and O–H groups in total. The standard InChI is InChI=1S/C16H14F2N2O5/c1-2-25-16(22)11-6-19(8-3-4-8)14-9(15(11)21)5-12(17)10(13(14)18)7-20(23)24/h5-6,8H,2-4,7H2,1H3. The maximum atomic E-state index is 14.8. The average Bonchev–Trinajstić information content (AvgIpc) is 3.37. The molecule has 1 fully saturated rings. The SMILES string of the molecule is CCOC(=O)c1cn(C2CC2)c2c(F)c(C[N+](=O)[O-])c(F)cc2c1=O. The summed E-state index contributed by atoms with van der Waals surface area (Å²) in [7, 11) is 0. The normalized spacial score (nSPS) is 13.9. The summed E-state index contributed by atoms with van der Waals surface area (Å²) in [4.78, 5) is 34.3. The molecule has 25 heavy (non-hydrogen) atoms. The summed E-state index contributed by atoms with van der Waals surface area (Å²) in [5, 5.41) is 10.3. The molecule has 7 nitrogen and oxygen atoms in total. The Labute approximate surface area is 140 Å². The van der Waals surface area contributed by atoms with Gasteiger partial charge in [0.15, 0.2) is 5.82 Å². The lowest BCUT2D eigenvalue weighted by Crippen LogP contribution is -2.22. The number of hydrogen-bond donors (Lipinski definition) is 0. The van der Waals surface area contributed by atoms with Crippen LogP contribution < -0.4 is 5.43 Å². The summed E-state index contributed by atoms with van der Waals surface area (Å²) in [6, 6.07) is 0.598. The first-order valence-corrected chi connectivity index (χ1v) is 7.69. The van der Waals surface area contributed by atoms with Crippen LogP contribution in [0.2, 0.25) is 0 Å². The van der Waals surface area contributed by atoms with Gasteiger partial charge in [0.05, 0.1) is 23.1 Å². The molecule has 1 saturated carbocycles. The Morgan fingerprint density at radius 2 is 2.12 bits per heavy atom. The van der Waals surface area contributed by atoms with Gasteiger partial charge in [-0.05, 0) is 25.8 Å². The number of carbonyl (C=O) groups excluding carboxylic acids is 1. The zero-order chi connectivity index (χ0) is 18.3. The molecular weight excluding hydrogens is 338 g/mol. The van der Waals surface area contributed by atoms with Crippen LogP contribution in [0.5, 0.6) is 0 Å². The Hall–Kier alpha value is -2.84. The van der Waals surface area contributed by atoms with Gasteiger partial charge in [0, 0.05) is 17.2 Å². The van der Waals surface area contributed by atoms with E-state index in [4.69, 9.17) is 4.74 Å². The molecule has 132 valence electrons. The number of hydrogen-bond acceptors (Lipinski definition) is 5. The van der Waals surface area contributed by atoms with Crippen molar-refractivity contribution in [2.24, 2.45) is 0 Å². The monoisotopic (exact) mass is 352 g/mol. The molecule has 0 aliphatic heterocycles. The molecule has 1 aliphatic rings. The first kappa shape index (κ1) is 17.0. The van der Waals surface area contributed by atoms with Crippen LogP contribution in [0.15, 0.2) is 17.1 Å². The van der Waals surface area contributed by atoms with Crippen molar-refractivity contribution >= 4 is 16.9 Å². The number of carbonyl (C=O) groups is 1. The van der Waals surface area contributed by atoms with Gasteiger partial charge in [-0.2, -0.15) is 0 Å². The van der Waals surface area contributed by atoms with Crippen molar-refractivity contribution in [1.29, 1.82) is 0 Å². The van der Waals surface area contributed by atoms with E-state index in [1.807, 2.05) is 0 Å². The van der Waals surface area contributed by atoms with Crippen molar-refractivity contribution in [3.63, 3.8) is 0 Å². The second-order valence-electron chi connectivity index (χ2n) is 5.77. The molecule has 2 aromatic rings. The van der Waals surface area contributed by atoms with Crippen molar-refractivity contribution in [1.82, 2.24) is 4.57 Å². The first-order chi connectivity index (χ1) is 11.8. The number of ether oxygens (including phenoxy) is 1. The predicted molar refractivity (Wildman–Crippen MR) is 83.0 cm³/mol. The quantitative estimate of drug-likeness (QED) is 0.468. The van der Waals surface area contributed by atoms with Gasteiger partial charge in [0.2, 0.25) is 12.0 Å². The number of halogens is 2. The van der Waals surface area contributed by atoms with Gasteiger partial charge in [-0.3, -0.25) is 14.9 Å². The summed E-state index contributed by atoms with van der Waals surface area (Å²) in [6.45, 7) is 0.581. The lowest BCUT2D eigenvalue weighted by molar-refractivity contribution is -0.497. The number of rotatable bonds is 5. The number of esters is 1. The minimum Gasteiger partial charge on any atom is -0.462 e. The van der Waals surface area contributed by atoms with E-state index in [2.05, 4.69) is 0 Å². The van der Waals surface area contributed by atoms with Gasteiger partial charge in [-0.1, -0.05) is 0 Å². The Balaban J connectivity index is 2.34. The van der Waals surface area contributed by atoms with Crippen molar-refractivity contribution in [3.8, 4) is 0 Å². The molecule has 0 amide bonds. The number of nitrogens with zero attached hydrogens (tertiary/aromatic N) is 2. The van der Waals surface area contributed by atoms with Crippen molar-refractivity contribution < 1.29 is 23.2 Å². The average molecular weight is 352 g/mol. The van der Waals surface area contributed by atoms with Crippen molar-refractivity contribution in [3.05, 3.63) is 55.4 Å². The fraction of sp³-hybridized carbons (Fsp3) is 0.375. The molecule has 1 heterocycles. The Kier molecular flexibility index (Phi) is 4.23. The summed E-state index contributed by atoms with van der Waals surface area (Å²) in [6.07, 6.45) is 2.58. The maximum Gasteiger partial charge on any atom is 0.343 e. The van der Waals surface area contributed by atoms with Gasteiger partial charge in [-0.15, -0.1) is 0 Å². The molecule has 1 aromatic carbocycles. The Morgan fingerprint density at radius 3 is 2.68 bits per heavy atom. The van der Waals surface area contributed by atoms with Gasteiger partial charge in [-0.25, -0.2) is 13.6 Å². The van der Waals surface area contributed by atoms with E-state index in [-0.39, 0.29) is 29.1 Å². The molecule has 0 unspecified atom stereocenters. The highest BCUT2D eigenvalue weighted by atomic mass is 19.1. The molecule has 0 bridgehead atoms.